The van der Waals surface area contributed by atoms with Crippen molar-refractivity contribution >= 4 is 13.1 Å². The highest BCUT2D eigenvalue weighted by molar-refractivity contribution is 6.45. The van der Waals surface area contributed by atoms with E-state index < -0.39 is 0 Å². The molecule has 2 fully saturated rings. The summed E-state index contributed by atoms with van der Waals surface area (Å²) in [5.41, 5.74) is -0.508. The van der Waals surface area contributed by atoms with Crippen LogP contribution in [0, 0.1) is 5.92 Å². The first-order chi connectivity index (χ1) is 8.82. The quantitative estimate of drug-likeness (QED) is 0.422. The van der Waals surface area contributed by atoms with Gasteiger partial charge in [-0.2, -0.15) is 0 Å². The van der Waals surface area contributed by atoms with Crippen LogP contribution in [-0.2, 0) is 18.8 Å². The predicted octanol–water partition coefficient (Wildman–Crippen LogP) is 2.81. The van der Waals surface area contributed by atoms with E-state index in [1.165, 1.54) is 0 Å². The van der Waals surface area contributed by atoms with Gasteiger partial charge in [0.2, 0.25) is 0 Å². The van der Waals surface area contributed by atoms with Crippen molar-refractivity contribution in [3.63, 3.8) is 0 Å². The van der Waals surface area contributed by atoms with Gasteiger partial charge in [0, 0.05) is 0 Å². The lowest BCUT2D eigenvalue weighted by molar-refractivity contribution is -0.145. The summed E-state index contributed by atoms with van der Waals surface area (Å²) < 4.78 is 17.0. The van der Waals surface area contributed by atoms with Crippen LogP contribution in [0.3, 0.4) is 0 Å². The number of esters is 1. The summed E-state index contributed by atoms with van der Waals surface area (Å²) in [4.78, 5) is 11.3. The Morgan fingerprint density at radius 2 is 1.74 bits per heavy atom. The van der Waals surface area contributed by atoms with Crippen molar-refractivity contribution in [3.05, 3.63) is 0 Å². The Morgan fingerprint density at radius 3 is 2.26 bits per heavy atom. The molecule has 1 aliphatic carbocycles. The molecule has 108 valence electrons. The van der Waals surface area contributed by atoms with E-state index >= 15 is 0 Å². The third-order valence-electron chi connectivity index (χ3n) is 4.29. The third-order valence-corrected chi connectivity index (χ3v) is 4.29. The highest BCUT2D eigenvalue weighted by atomic mass is 16.7. The van der Waals surface area contributed by atoms with Gasteiger partial charge in [0.05, 0.1) is 23.7 Å². The monoisotopic (exact) mass is 268 g/mol. The zero-order valence-electron chi connectivity index (χ0n) is 12.5. The topological polar surface area (TPSA) is 44.8 Å². The van der Waals surface area contributed by atoms with E-state index in [2.05, 4.69) is 27.7 Å². The first-order valence-electron chi connectivity index (χ1n) is 7.34. The Balaban J connectivity index is 1.58. The molecule has 1 saturated carbocycles. The number of unbranched alkanes of at least 4 members (excludes halogenated alkanes) is 1. The van der Waals surface area contributed by atoms with Gasteiger partial charge in [-0.3, -0.25) is 4.79 Å². The molecule has 0 N–H and O–H groups in total. The van der Waals surface area contributed by atoms with Gasteiger partial charge in [0.15, 0.2) is 0 Å². The van der Waals surface area contributed by atoms with Gasteiger partial charge in [-0.1, -0.05) is 6.42 Å². The molecular weight excluding hydrogens is 243 g/mol. The molecular formula is C14H25BO4. The number of rotatable bonds is 6. The molecule has 2 rings (SSSR count). The summed E-state index contributed by atoms with van der Waals surface area (Å²) >= 11 is 0. The van der Waals surface area contributed by atoms with E-state index in [4.69, 9.17) is 14.0 Å². The Morgan fingerprint density at radius 1 is 1.16 bits per heavy atom. The molecule has 0 bridgehead atoms. The second-order valence-electron chi connectivity index (χ2n) is 6.62. The van der Waals surface area contributed by atoms with Gasteiger partial charge in [0.1, 0.15) is 0 Å². The largest absolute Gasteiger partial charge is 0.465 e. The van der Waals surface area contributed by atoms with Crippen LogP contribution in [0.2, 0.25) is 6.32 Å². The van der Waals surface area contributed by atoms with E-state index in [1.54, 1.807) is 0 Å². The Labute approximate surface area is 116 Å². The fourth-order valence-corrected chi connectivity index (χ4v) is 2.11. The lowest BCUT2D eigenvalue weighted by Gasteiger charge is -2.32. The molecule has 1 saturated heterocycles. The van der Waals surface area contributed by atoms with E-state index in [0.29, 0.717) is 6.61 Å². The van der Waals surface area contributed by atoms with Gasteiger partial charge in [-0.15, -0.1) is 0 Å². The highest BCUT2D eigenvalue weighted by Crippen LogP contribution is 2.38. The fraction of sp³-hybridized carbons (Fsp3) is 0.929. The summed E-state index contributed by atoms with van der Waals surface area (Å²) in [6.45, 7) is 8.76. The maximum atomic E-state index is 11.3. The molecule has 2 aliphatic rings. The number of carbonyl (C=O) groups excluding carboxylic acids is 1. The van der Waals surface area contributed by atoms with Gasteiger partial charge < -0.3 is 14.0 Å². The molecule has 0 aromatic rings. The minimum Gasteiger partial charge on any atom is -0.465 e. The van der Waals surface area contributed by atoms with Gasteiger partial charge in [-0.25, -0.2) is 0 Å². The molecule has 1 heterocycles. The third kappa shape index (κ3) is 3.73. The first kappa shape index (κ1) is 14.9. The van der Waals surface area contributed by atoms with Crippen LogP contribution in [0.4, 0.5) is 0 Å². The molecule has 0 atom stereocenters. The zero-order chi connectivity index (χ0) is 14.1. The number of carbonyl (C=O) groups is 1. The first-order valence-corrected chi connectivity index (χ1v) is 7.34. The van der Waals surface area contributed by atoms with Crippen LogP contribution in [0.5, 0.6) is 0 Å². The molecule has 19 heavy (non-hydrogen) atoms. The lowest BCUT2D eigenvalue weighted by atomic mass is 9.82. The summed E-state index contributed by atoms with van der Waals surface area (Å²) in [5.74, 6) is 0.179. The summed E-state index contributed by atoms with van der Waals surface area (Å²) in [6, 6.07) is 0. The minimum absolute atomic E-state index is 0.0179. The molecule has 0 aromatic heterocycles. The van der Waals surface area contributed by atoms with Gasteiger partial charge >= 0.3 is 13.1 Å². The molecule has 0 spiro atoms. The van der Waals surface area contributed by atoms with Crippen LogP contribution in [0.15, 0.2) is 0 Å². The molecule has 0 amide bonds. The normalized spacial score (nSPS) is 24.5. The lowest BCUT2D eigenvalue weighted by Crippen LogP contribution is -2.41. The second-order valence-corrected chi connectivity index (χ2v) is 6.62. The number of hydrogen-bond donors (Lipinski definition) is 0. The fourth-order valence-electron chi connectivity index (χ4n) is 2.11. The van der Waals surface area contributed by atoms with Crippen molar-refractivity contribution in [2.24, 2.45) is 5.92 Å². The summed E-state index contributed by atoms with van der Waals surface area (Å²) in [7, 11) is -0.135. The van der Waals surface area contributed by atoms with Crippen molar-refractivity contribution in [3.8, 4) is 0 Å². The van der Waals surface area contributed by atoms with Crippen molar-refractivity contribution in [1.29, 1.82) is 0 Å². The maximum Gasteiger partial charge on any atom is 0.457 e. The average molecular weight is 268 g/mol. The minimum atomic E-state index is -0.254. The van der Waals surface area contributed by atoms with Crippen molar-refractivity contribution < 1.29 is 18.8 Å². The average Bonchev–Trinajstić information content (AvgIpc) is 3.07. The van der Waals surface area contributed by atoms with Crippen LogP contribution in [-0.4, -0.2) is 30.9 Å². The summed E-state index contributed by atoms with van der Waals surface area (Å²) in [6.07, 6.45) is 4.70. The van der Waals surface area contributed by atoms with Crippen molar-refractivity contribution in [2.75, 3.05) is 6.61 Å². The maximum absolute atomic E-state index is 11.3. The Bertz CT molecular complexity index is 320. The number of hydrogen-bond acceptors (Lipinski definition) is 4. The van der Waals surface area contributed by atoms with E-state index in [0.717, 1.165) is 32.0 Å². The standard InChI is InChI=1S/C14H25BO4/c1-13(2)14(3,4)19-15(18-13)9-5-6-10-17-12(16)11-7-8-11/h11H,5-10H2,1-4H3. The van der Waals surface area contributed by atoms with Crippen LogP contribution >= 0.6 is 0 Å². The predicted molar refractivity (Wildman–Crippen MR) is 73.8 cm³/mol. The molecule has 0 radical (unpaired) electrons. The van der Waals surface area contributed by atoms with Crippen LogP contribution in [0.1, 0.15) is 53.4 Å². The molecule has 0 unspecified atom stereocenters. The smallest absolute Gasteiger partial charge is 0.457 e. The van der Waals surface area contributed by atoms with Crippen molar-refractivity contribution in [2.45, 2.75) is 70.9 Å². The van der Waals surface area contributed by atoms with E-state index in [9.17, 15) is 4.79 Å². The van der Waals surface area contributed by atoms with E-state index in [-0.39, 0.29) is 30.2 Å². The summed E-state index contributed by atoms with van der Waals surface area (Å²) in [5, 5.41) is 0. The Hall–Kier alpha value is -0.545. The number of ether oxygens (including phenoxy) is 1. The van der Waals surface area contributed by atoms with Gasteiger partial charge in [-0.05, 0) is 53.3 Å². The Kier molecular flexibility index (Phi) is 4.26. The zero-order valence-corrected chi connectivity index (χ0v) is 12.5. The van der Waals surface area contributed by atoms with Crippen LogP contribution < -0.4 is 0 Å². The molecule has 1 aliphatic heterocycles. The van der Waals surface area contributed by atoms with Crippen molar-refractivity contribution in [1.82, 2.24) is 0 Å². The van der Waals surface area contributed by atoms with E-state index in [1.807, 2.05) is 0 Å². The highest BCUT2D eigenvalue weighted by Gasteiger charge is 2.50. The van der Waals surface area contributed by atoms with Gasteiger partial charge in [0.25, 0.3) is 0 Å². The SMILES string of the molecule is CC1(C)OB(CCCCOC(=O)C2CC2)OC1(C)C. The molecule has 4 nitrogen and oxygen atoms in total. The second kappa shape index (κ2) is 5.45. The molecule has 0 aromatic carbocycles. The molecule has 5 heteroatoms. The van der Waals surface area contributed by atoms with Crippen LogP contribution in [0.25, 0.3) is 0 Å².